The molecule has 2 heterocycles. The lowest BCUT2D eigenvalue weighted by Gasteiger charge is -2.40. The third-order valence-corrected chi connectivity index (χ3v) is 4.39. The van der Waals surface area contributed by atoms with Crippen LogP contribution in [-0.4, -0.2) is 62.1 Å². The number of piperazine rings is 1. The summed E-state index contributed by atoms with van der Waals surface area (Å²) in [7, 11) is 0. The lowest BCUT2D eigenvalue weighted by molar-refractivity contribution is -0.140. The standard InChI is InChI=1S/C18H23N5O2/c1-13(2)10-21-8-9-22(14(3)17(21)24)18(25)15-6-4-5-7-16(15)23-12-19-11-20-23/h4-7,11-14H,8-10H2,1-3H3. The minimum atomic E-state index is -0.469. The minimum absolute atomic E-state index is 0.00605. The summed E-state index contributed by atoms with van der Waals surface area (Å²) in [6.45, 7) is 7.79. The Labute approximate surface area is 147 Å². The maximum absolute atomic E-state index is 13.1. The minimum Gasteiger partial charge on any atom is -0.339 e. The van der Waals surface area contributed by atoms with E-state index in [1.807, 2.05) is 23.1 Å². The number of hydrogen-bond donors (Lipinski definition) is 0. The SMILES string of the molecule is CC(C)CN1CCN(C(=O)c2ccccc2-n2cncn2)C(C)C1=O. The molecule has 2 aromatic rings. The molecule has 1 unspecified atom stereocenters. The summed E-state index contributed by atoms with van der Waals surface area (Å²) in [5.41, 5.74) is 1.18. The monoisotopic (exact) mass is 341 g/mol. The number of nitrogens with zero attached hydrogens (tertiary/aromatic N) is 5. The van der Waals surface area contributed by atoms with Crippen molar-refractivity contribution in [1.29, 1.82) is 0 Å². The molecule has 1 aliphatic rings. The summed E-state index contributed by atoms with van der Waals surface area (Å²) in [5.74, 6) is 0.258. The molecule has 3 rings (SSSR count). The van der Waals surface area contributed by atoms with Crippen molar-refractivity contribution in [2.75, 3.05) is 19.6 Å². The number of para-hydroxylation sites is 1. The maximum atomic E-state index is 13.1. The van der Waals surface area contributed by atoms with E-state index in [0.717, 1.165) is 6.54 Å². The highest BCUT2D eigenvalue weighted by molar-refractivity contribution is 6.00. The summed E-state index contributed by atoms with van der Waals surface area (Å²) >= 11 is 0. The van der Waals surface area contributed by atoms with Crippen molar-refractivity contribution in [1.82, 2.24) is 24.6 Å². The molecule has 0 saturated carbocycles. The molecular formula is C18H23N5O2. The van der Waals surface area contributed by atoms with E-state index in [1.54, 1.807) is 28.9 Å². The summed E-state index contributed by atoms with van der Waals surface area (Å²) in [6, 6.07) is 6.78. The lowest BCUT2D eigenvalue weighted by atomic mass is 10.1. The molecule has 1 saturated heterocycles. The zero-order valence-corrected chi connectivity index (χ0v) is 14.8. The van der Waals surface area contributed by atoms with Gasteiger partial charge in [0.2, 0.25) is 5.91 Å². The highest BCUT2D eigenvalue weighted by atomic mass is 16.2. The summed E-state index contributed by atoms with van der Waals surface area (Å²) in [6.07, 6.45) is 2.99. The Kier molecular flexibility index (Phi) is 4.83. The van der Waals surface area contributed by atoms with Crippen LogP contribution in [0.4, 0.5) is 0 Å². The van der Waals surface area contributed by atoms with Gasteiger partial charge in [0.1, 0.15) is 18.7 Å². The molecule has 1 aromatic heterocycles. The van der Waals surface area contributed by atoms with Crippen molar-refractivity contribution in [2.45, 2.75) is 26.8 Å². The van der Waals surface area contributed by atoms with E-state index in [-0.39, 0.29) is 11.8 Å². The smallest absolute Gasteiger partial charge is 0.256 e. The highest BCUT2D eigenvalue weighted by Crippen LogP contribution is 2.20. The van der Waals surface area contributed by atoms with Crippen molar-refractivity contribution in [3.63, 3.8) is 0 Å². The van der Waals surface area contributed by atoms with Gasteiger partial charge in [-0.25, -0.2) is 9.67 Å². The number of aromatic nitrogens is 3. The van der Waals surface area contributed by atoms with Crippen molar-refractivity contribution < 1.29 is 9.59 Å². The van der Waals surface area contributed by atoms with Gasteiger partial charge in [-0.05, 0) is 25.0 Å². The number of amides is 2. The first kappa shape index (κ1) is 17.1. The average molecular weight is 341 g/mol. The Morgan fingerprint density at radius 2 is 2.04 bits per heavy atom. The molecule has 0 aliphatic carbocycles. The molecule has 1 aromatic carbocycles. The van der Waals surface area contributed by atoms with Crippen LogP contribution in [0.25, 0.3) is 5.69 Å². The van der Waals surface area contributed by atoms with Crippen LogP contribution in [0.1, 0.15) is 31.1 Å². The van der Waals surface area contributed by atoms with Crippen LogP contribution < -0.4 is 0 Å². The van der Waals surface area contributed by atoms with Gasteiger partial charge in [0.05, 0.1) is 11.3 Å². The number of benzene rings is 1. The van der Waals surface area contributed by atoms with Crippen LogP contribution in [0.15, 0.2) is 36.9 Å². The van der Waals surface area contributed by atoms with Crippen LogP contribution in [0.5, 0.6) is 0 Å². The zero-order chi connectivity index (χ0) is 18.0. The molecule has 2 amide bonds. The molecule has 132 valence electrons. The normalized spacial score (nSPS) is 18.1. The van der Waals surface area contributed by atoms with E-state index in [9.17, 15) is 9.59 Å². The third kappa shape index (κ3) is 3.40. The van der Waals surface area contributed by atoms with E-state index in [1.165, 1.54) is 6.33 Å². The van der Waals surface area contributed by atoms with Gasteiger partial charge in [0.15, 0.2) is 0 Å². The topological polar surface area (TPSA) is 71.3 Å². The van der Waals surface area contributed by atoms with Crippen LogP contribution in [-0.2, 0) is 4.79 Å². The Balaban J connectivity index is 1.84. The maximum Gasteiger partial charge on any atom is 0.256 e. The molecule has 1 atom stereocenters. The zero-order valence-electron chi connectivity index (χ0n) is 14.8. The van der Waals surface area contributed by atoms with Gasteiger partial charge in [-0.1, -0.05) is 26.0 Å². The van der Waals surface area contributed by atoms with Crippen molar-refractivity contribution >= 4 is 11.8 Å². The van der Waals surface area contributed by atoms with Crippen LogP contribution in [0.3, 0.4) is 0 Å². The first-order valence-electron chi connectivity index (χ1n) is 8.53. The van der Waals surface area contributed by atoms with Crippen LogP contribution in [0, 0.1) is 5.92 Å². The van der Waals surface area contributed by atoms with Crippen molar-refractivity contribution in [3.8, 4) is 5.69 Å². The fourth-order valence-corrected chi connectivity index (χ4v) is 3.17. The highest BCUT2D eigenvalue weighted by Gasteiger charge is 2.35. The predicted molar refractivity (Wildman–Crippen MR) is 93.3 cm³/mol. The Hall–Kier alpha value is -2.70. The van der Waals surface area contributed by atoms with Crippen molar-refractivity contribution in [2.24, 2.45) is 5.92 Å². The second-order valence-electron chi connectivity index (χ2n) is 6.71. The van der Waals surface area contributed by atoms with Gasteiger partial charge < -0.3 is 9.80 Å². The molecular weight excluding hydrogens is 318 g/mol. The number of carbonyl (C=O) groups is 2. The van der Waals surface area contributed by atoms with Gasteiger partial charge in [0, 0.05) is 19.6 Å². The van der Waals surface area contributed by atoms with E-state index in [0.29, 0.717) is 30.3 Å². The van der Waals surface area contributed by atoms with E-state index in [2.05, 4.69) is 23.9 Å². The number of hydrogen-bond acceptors (Lipinski definition) is 4. The van der Waals surface area contributed by atoms with Crippen LogP contribution in [0.2, 0.25) is 0 Å². The molecule has 0 radical (unpaired) electrons. The van der Waals surface area contributed by atoms with Gasteiger partial charge in [-0.15, -0.1) is 0 Å². The number of carbonyl (C=O) groups excluding carboxylic acids is 2. The second kappa shape index (κ2) is 7.04. The lowest BCUT2D eigenvalue weighted by Crippen LogP contribution is -2.58. The van der Waals surface area contributed by atoms with Gasteiger partial charge in [0.25, 0.3) is 5.91 Å². The van der Waals surface area contributed by atoms with Gasteiger partial charge in [-0.3, -0.25) is 9.59 Å². The third-order valence-electron chi connectivity index (χ3n) is 4.39. The first-order valence-corrected chi connectivity index (χ1v) is 8.53. The molecule has 1 aliphatic heterocycles. The van der Waals surface area contributed by atoms with E-state index >= 15 is 0 Å². The molecule has 0 spiro atoms. The second-order valence-corrected chi connectivity index (χ2v) is 6.71. The van der Waals surface area contributed by atoms with E-state index in [4.69, 9.17) is 0 Å². The quantitative estimate of drug-likeness (QED) is 0.847. The average Bonchev–Trinajstić information content (AvgIpc) is 3.13. The molecule has 1 fully saturated rings. The first-order chi connectivity index (χ1) is 12.0. The molecule has 25 heavy (non-hydrogen) atoms. The van der Waals surface area contributed by atoms with Gasteiger partial charge >= 0.3 is 0 Å². The Morgan fingerprint density at radius 3 is 2.72 bits per heavy atom. The largest absolute Gasteiger partial charge is 0.339 e. The Morgan fingerprint density at radius 1 is 1.28 bits per heavy atom. The molecule has 0 N–H and O–H groups in total. The molecule has 0 bridgehead atoms. The fraction of sp³-hybridized carbons (Fsp3) is 0.444. The molecule has 7 heteroatoms. The molecule has 7 nitrogen and oxygen atoms in total. The number of rotatable bonds is 4. The fourth-order valence-electron chi connectivity index (χ4n) is 3.17. The summed E-state index contributed by atoms with van der Waals surface area (Å²) in [5, 5.41) is 4.11. The Bertz CT molecular complexity index is 757. The van der Waals surface area contributed by atoms with Gasteiger partial charge in [-0.2, -0.15) is 5.10 Å². The van der Waals surface area contributed by atoms with Crippen molar-refractivity contribution in [3.05, 3.63) is 42.5 Å². The summed E-state index contributed by atoms with van der Waals surface area (Å²) in [4.78, 5) is 33.2. The summed E-state index contributed by atoms with van der Waals surface area (Å²) < 4.78 is 1.56. The predicted octanol–water partition coefficient (Wildman–Crippen LogP) is 1.60. The van der Waals surface area contributed by atoms with Crippen LogP contribution >= 0.6 is 0 Å². The van der Waals surface area contributed by atoms with E-state index < -0.39 is 6.04 Å².